The lowest BCUT2D eigenvalue weighted by Gasteiger charge is -2.18. The zero-order chi connectivity index (χ0) is 8.97. The van der Waals surface area contributed by atoms with Crippen LogP contribution in [0.4, 0.5) is 4.39 Å². The zero-order valence-electron chi connectivity index (χ0n) is 6.62. The summed E-state index contributed by atoms with van der Waals surface area (Å²) in [5.41, 5.74) is 0. The minimum atomic E-state index is -1.50. The average molecular weight is 174 g/mol. The molecule has 1 aliphatic rings. The second-order valence-corrected chi connectivity index (χ2v) is 2.80. The molecule has 0 aromatic heterocycles. The van der Waals surface area contributed by atoms with E-state index in [9.17, 15) is 9.18 Å². The Balaban J connectivity index is 2.47. The number of carboxylic acid groups (broad SMARTS) is 1. The summed E-state index contributed by atoms with van der Waals surface area (Å²) in [7, 11) is 0. The van der Waals surface area contributed by atoms with Crippen LogP contribution < -0.4 is 0 Å². The van der Waals surface area contributed by atoms with Gasteiger partial charge in [0.2, 0.25) is 5.83 Å². The topological polar surface area (TPSA) is 46.5 Å². The first-order valence-electron chi connectivity index (χ1n) is 3.88. The van der Waals surface area contributed by atoms with Gasteiger partial charge in [-0.1, -0.05) is 0 Å². The van der Waals surface area contributed by atoms with Crippen LogP contribution in [0.2, 0.25) is 0 Å². The Morgan fingerprint density at radius 1 is 1.67 bits per heavy atom. The highest BCUT2D eigenvalue weighted by molar-refractivity contribution is 5.83. The quantitative estimate of drug-likeness (QED) is 0.643. The molecule has 1 N–H and O–H groups in total. The number of hydrogen-bond donors (Lipinski definition) is 1. The fourth-order valence-corrected chi connectivity index (χ4v) is 1.18. The van der Waals surface area contributed by atoms with Crippen LogP contribution in [0.3, 0.4) is 0 Å². The lowest BCUT2D eigenvalue weighted by molar-refractivity contribution is -0.134. The van der Waals surface area contributed by atoms with E-state index >= 15 is 0 Å². The van der Waals surface area contributed by atoms with Crippen LogP contribution >= 0.6 is 0 Å². The monoisotopic (exact) mass is 174 g/mol. The predicted octanol–water partition coefficient (Wildman–Crippen LogP) is 1.35. The van der Waals surface area contributed by atoms with Crippen molar-refractivity contribution in [2.24, 2.45) is 5.92 Å². The molecule has 0 spiro atoms. The molecule has 0 radical (unpaired) electrons. The van der Waals surface area contributed by atoms with Crippen molar-refractivity contribution < 1.29 is 19.0 Å². The highest BCUT2D eigenvalue weighted by atomic mass is 19.1. The van der Waals surface area contributed by atoms with Crippen molar-refractivity contribution in [1.82, 2.24) is 0 Å². The Labute approximate surface area is 69.8 Å². The van der Waals surface area contributed by atoms with Crippen LogP contribution in [-0.4, -0.2) is 24.3 Å². The fraction of sp³-hybridized carbons (Fsp3) is 0.625. The number of aliphatic carboxylic acids is 1. The van der Waals surface area contributed by atoms with Crippen molar-refractivity contribution >= 4 is 5.97 Å². The van der Waals surface area contributed by atoms with Gasteiger partial charge in [-0.25, -0.2) is 4.79 Å². The van der Waals surface area contributed by atoms with E-state index in [0.717, 1.165) is 18.9 Å². The Hall–Kier alpha value is -0.900. The Kier molecular flexibility index (Phi) is 3.22. The highest BCUT2D eigenvalue weighted by Crippen LogP contribution is 2.16. The Bertz CT molecular complexity index is 194. The standard InChI is InChI=1S/C8H11FO3/c9-7(8(10)11)4-6-2-1-3-12-5-6/h4,6H,1-3,5H2,(H,10,11). The molecule has 12 heavy (non-hydrogen) atoms. The largest absolute Gasteiger partial charge is 0.476 e. The maximum Gasteiger partial charge on any atom is 0.364 e. The second-order valence-electron chi connectivity index (χ2n) is 2.80. The van der Waals surface area contributed by atoms with Crippen LogP contribution in [0.5, 0.6) is 0 Å². The molecule has 0 aliphatic carbocycles. The molecule has 0 saturated carbocycles. The first kappa shape index (κ1) is 9.19. The number of carboxylic acids is 1. The van der Waals surface area contributed by atoms with Crippen molar-refractivity contribution in [2.45, 2.75) is 12.8 Å². The van der Waals surface area contributed by atoms with Crippen LogP contribution in [-0.2, 0) is 9.53 Å². The average Bonchev–Trinajstić information content (AvgIpc) is 2.06. The minimum absolute atomic E-state index is 0.0742. The summed E-state index contributed by atoms with van der Waals surface area (Å²) in [6.45, 7) is 1.12. The van der Waals surface area contributed by atoms with Gasteiger partial charge in [0, 0.05) is 12.5 Å². The smallest absolute Gasteiger partial charge is 0.364 e. The van der Waals surface area contributed by atoms with Gasteiger partial charge in [-0.2, -0.15) is 4.39 Å². The number of carbonyl (C=O) groups is 1. The van der Waals surface area contributed by atoms with Crippen molar-refractivity contribution in [3.05, 3.63) is 11.9 Å². The molecule has 68 valence electrons. The van der Waals surface area contributed by atoms with Gasteiger partial charge in [-0.05, 0) is 18.9 Å². The summed E-state index contributed by atoms with van der Waals surface area (Å²) in [4.78, 5) is 10.1. The maximum atomic E-state index is 12.5. The number of halogens is 1. The maximum absolute atomic E-state index is 12.5. The molecule has 0 aromatic rings. The van der Waals surface area contributed by atoms with Gasteiger partial charge in [0.05, 0.1) is 6.61 Å². The first-order valence-corrected chi connectivity index (χ1v) is 3.88. The van der Waals surface area contributed by atoms with E-state index in [1.807, 2.05) is 0 Å². The molecule has 0 bridgehead atoms. The fourth-order valence-electron chi connectivity index (χ4n) is 1.18. The van der Waals surface area contributed by atoms with Crippen molar-refractivity contribution in [1.29, 1.82) is 0 Å². The molecule has 1 saturated heterocycles. The zero-order valence-corrected chi connectivity index (χ0v) is 6.62. The molecule has 1 fully saturated rings. The molecule has 4 heteroatoms. The molecule has 1 atom stereocenters. The minimum Gasteiger partial charge on any atom is -0.476 e. The van der Waals surface area contributed by atoms with Crippen molar-refractivity contribution in [3.63, 3.8) is 0 Å². The molecule has 1 rings (SSSR count). The van der Waals surface area contributed by atoms with Gasteiger partial charge in [0.25, 0.3) is 0 Å². The first-order chi connectivity index (χ1) is 5.70. The molecular formula is C8H11FO3. The Morgan fingerprint density at radius 2 is 2.42 bits per heavy atom. The summed E-state index contributed by atoms with van der Waals surface area (Å²) >= 11 is 0. The second kappa shape index (κ2) is 4.21. The molecule has 1 heterocycles. The van der Waals surface area contributed by atoms with Crippen LogP contribution in [0.1, 0.15) is 12.8 Å². The van der Waals surface area contributed by atoms with Crippen LogP contribution in [0.25, 0.3) is 0 Å². The Morgan fingerprint density at radius 3 is 2.92 bits per heavy atom. The number of hydrogen-bond acceptors (Lipinski definition) is 2. The summed E-state index contributed by atoms with van der Waals surface area (Å²) in [5, 5.41) is 8.23. The molecule has 1 aliphatic heterocycles. The van der Waals surface area contributed by atoms with E-state index in [0.29, 0.717) is 13.2 Å². The molecule has 1 unspecified atom stereocenters. The van der Waals surface area contributed by atoms with Gasteiger partial charge in [-0.15, -0.1) is 0 Å². The highest BCUT2D eigenvalue weighted by Gasteiger charge is 2.14. The lowest BCUT2D eigenvalue weighted by atomic mass is 10.0. The van der Waals surface area contributed by atoms with E-state index in [4.69, 9.17) is 9.84 Å². The summed E-state index contributed by atoms with van der Waals surface area (Å²) in [5.74, 6) is -2.65. The summed E-state index contributed by atoms with van der Waals surface area (Å²) in [6.07, 6.45) is 2.80. The SMILES string of the molecule is O=C(O)C(F)=CC1CCCOC1. The predicted molar refractivity (Wildman–Crippen MR) is 40.4 cm³/mol. The van der Waals surface area contributed by atoms with E-state index in [1.54, 1.807) is 0 Å². The molecule has 0 amide bonds. The van der Waals surface area contributed by atoms with Gasteiger partial charge < -0.3 is 9.84 Å². The molecule has 0 aromatic carbocycles. The van der Waals surface area contributed by atoms with Gasteiger partial charge in [0.15, 0.2) is 0 Å². The van der Waals surface area contributed by atoms with Gasteiger partial charge in [-0.3, -0.25) is 0 Å². The summed E-state index contributed by atoms with van der Waals surface area (Å²) in [6, 6.07) is 0. The van der Waals surface area contributed by atoms with Crippen LogP contribution in [0, 0.1) is 5.92 Å². The normalized spacial score (nSPS) is 25.4. The number of ether oxygens (including phenoxy) is 1. The van der Waals surface area contributed by atoms with E-state index in [1.165, 1.54) is 0 Å². The van der Waals surface area contributed by atoms with Crippen molar-refractivity contribution in [2.75, 3.05) is 13.2 Å². The van der Waals surface area contributed by atoms with Gasteiger partial charge >= 0.3 is 5.97 Å². The third-order valence-corrected chi connectivity index (χ3v) is 1.78. The van der Waals surface area contributed by atoms with Crippen LogP contribution in [0.15, 0.2) is 11.9 Å². The van der Waals surface area contributed by atoms with Crippen molar-refractivity contribution in [3.8, 4) is 0 Å². The third-order valence-electron chi connectivity index (χ3n) is 1.78. The van der Waals surface area contributed by atoms with E-state index in [2.05, 4.69) is 0 Å². The summed E-state index contributed by atoms with van der Waals surface area (Å²) < 4.78 is 17.6. The lowest BCUT2D eigenvalue weighted by Crippen LogP contribution is -2.16. The molecule has 3 nitrogen and oxygen atoms in total. The molecular weight excluding hydrogens is 163 g/mol. The third kappa shape index (κ3) is 2.62. The van der Waals surface area contributed by atoms with E-state index < -0.39 is 11.8 Å². The van der Waals surface area contributed by atoms with Gasteiger partial charge in [0.1, 0.15) is 0 Å². The number of rotatable bonds is 2. The van der Waals surface area contributed by atoms with E-state index in [-0.39, 0.29) is 5.92 Å².